The highest BCUT2D eigenvalue weighted by molar-refractivity contribution is 7.99. The number of esters is 1. The predicted octanol–water partition coefficient (Wildman–Crippen LogP) is 3.70. The Balaban J connectivity index is 2.01. The largest absolute Gasteiger partial charge is 0.495 e. The quantitative estimate of drug-likeness (QED) is 0.310. The van der Waals surface area contributed by atoms with Crippen molar-refractivity contribution >= 4 is 30.3 Å². The average molecular weight is 386 g/mol. The molecule has 0 aliphatic carbocycles. The van der Waals surface area contributed by atoms with Gasteiger partial charge in [0.25, 0.3) is 0 Å². The van der Waals surface area contributed by atoms with Gasteiger partial charge in [0.15, 0.2) is 0 Å². The number of thioether (sulfide) groups is 1. The molecule has 2 rings (SSSR count). The van der Waals surface area contributed by atoms with Gasteiger partial charge in [0.1, 0.15) is 11.6 Å². The third-order valence-electron chi connectivity index (χ3n) is 4.62. The number of hydrogen-bond donors (Lipinski definition) is 0. The van der Waals surface area contributed by atoms with Crippen molar-refractivity contribution in [2.45, 2.75) is 63.6 Å². The number of rotatable bonds is 7. The summed E-state index contributed by atoms with van der Waals surface area (Å²) in [5.74, 6) is -1.19. The molecule has 1 aromatic rings. The normalized spacial score (nSPS) is 18.2. The SMILES string of the molecule is CCOC(=O)CCCSc1c(F)cc(B2OC(C)(C)C(C)(C)O2)cc1F. The van der Waals surface area contributed by atoms with Crippen LogP contribution in [-0.4, -0.2) is 36.6 Å². The third-order valence-corrected chi connectivity index (χ3v) is 5.79. The van der Waals surface area contributed by atoms with E-state index in [9.17, 15) is 13.6 Å². The van der Waals surface area contributed by atoms with Gasteiger partial charge in [-0.1, -0.05) is 0 Å². The molecule has 144 valence electrons. The van der Waals surface area contributed by atoms with Crippen LogP contribution in [0.5, 0.6) is 0 Å². The van der Waals surface area contributed by atoms with Crippen LogP contribution in [0.1, 0.15) is 47.5 Å². The molecule has 0 atom stereocenters. The van der Waals surface area contributed by atoms with Gasteiger partial charge < -0.3 is 14.0 Å². The number of carbonyl (C=O) groups excluding carboxylic acids is 1. The van der Waals surface area contributed by atoms with Crippen LogP contribution in [-0.2, 0) is 18.8 Å². The van der Waals surface area contributed by atoms with Crippen molar-refractivity contribution in [1.82, 2.24) is 0 Å². The summed E-state index contributed by atoms with van der Waals surface area (Å²) in [6, 6.07) is 2.50. The van der Waals surface area contributed by atoms with Crippen LogP contribution in [0.15, 0.2) is 17.0 Å². The monoisotopic (exact) mass is 386 g/mol. The third kappa shape index (κ3) is 4.78. The van der Waals surface area contributed by atoms with Crippen molar-refractivity contribution < 1.29 is 27.6 Å². The first-order valence-electron chi connectivity index (χ1n) is 8.70. The van der Waals surface area contributed by atoms with Crippen molar-refractivity contribution in [3.05, 3.63) is 23.8 Å². The highest BCUT2D eigenvalue weighted by Crippen LogP contribution is 2.37. The summed E-state index contributed by atoms with van der Waals surface area (Å²) in [6.07, 6.45) is 0.720. The molecule has 0 aromatic heterocycles. The maximum atomic E-state index is 14.4. The van der Waals surface area contributed by atoms with Gasteiger partial charge in [0.05, 0.1) is 22.7 Å². The molecule has 0 radical (unpaired) electrons. The fourth-order valence-electron chi connectivity index (χ4n) is 2.46. The highest BCUT2D eigenvalue weighted by Gasteiger charge is 2.52. The van der Waals surface area contributed by atoms with E-state index < -0.39 is 30.0 Å². The molecular weight excluding hydrogens is 361 g/mol. The second-order valence-corrected chi connectivity index (χ2v) is 8.26. The van der Waals surface area contributed by atoms with Crippen LogP contribution >= 0.6 is 11.8 Å². The number of benzene rings is 1. The zero-order chi connectivity index (χ0) is 19.5. The molecule has 4 nitrogen and oxygen atoms in total. The maximum Gasteiger partial charge on any atom is 0.495 e. The minimum atomic E-state index is -0.813. The van der Waals surface area contributed by atoms with Crippen molar-refractivity contribution in [2.24, 2.45) is 0 Å². The van der Waals surface area contributed by atoms with Gasteiger partial charge in [-0.3, -0.25) is 4.79 Å². The van der Waals surface area contributed by atoms with Crippen molar-refractivity contribution in [3.8, 4) is 0 Å². The Hall–Kier alpha value is -1.12. The molecule has 0 unspecified atom stereocenters. The molecule has 1 fully saturated rings. The number of ether oxygens (including phenoxy) is 1. The van der Waals surface area contributed by atoms with E-state index in [-0.39, 0.29) is 17.3 Å². The Morgan fingerprint density at radius 2 is 1.69 bits per heavy atom. The maximum absolute atomic E-state index is 14.4. The Bertz CT molecular complexity index is 628. The Morgan fingerprint density at radius 3 is 2.19 bits per heavy atom. The van der Waals surface area contributed by atoms with Crippen LogP contribution in [0.25, 0.3) is 0 Å². The zero-order valence-corrected chi connectivity index (χ0v) is 16.7. The Morgan fingerprint density at radius 1 is 1.15 bits per heavy atom. The molecule has 8 heteroatoms. The predicted molar refractivity (Wildman–Crippen MR) is 98.7 cm³/mol. The smallest absolute Gasteiger partial charge is 0.466 e. The van der Waals surface area contributed by atoms with E-state index in [1.54, 1.807) is 6.92 Å². The molecule has 0 bridgehead atoms. The van der Waals surface area contributed by atoms with Crippen LogP contribution < -0.4 is 5.46 Å². The first-order chi connectivity index (χ1) is 12.1. The van der Waals surface area contributed by atoms with Gasteiger partial charge in [0.2, 0.25) is 0 Å². The molecule has 26 heavy (non-hydrogen) atoms. The van der Waals surface area contributed by atoms with Crippen molar-refractivity contribution in [3.63, 3.8) is 0 Å². The zero-order valence-electron chi connectivity index (χ0n) is 15.9. The van der Waals surface area contributed by atoms with Gasteiger partial charge in [-0.2, -0.15) is 0 Å². The molecule has 1 heterocycles. The van der Waals surface area contributed by atoms with E-state index in [0.29, 0.717) is 24.2 Å². The summed E-state index contributed by atoms with van der Waals surface area (Å²) in [5.41, 5.74) is -0.842. The average Bonchev–Trinajstić information content (AvgIpc) is 2.74. The van der Waals surface area contributed by atoms with Crippen LogP contribution in [0.2, 0.25) is 0 Å². The summed E-state index contributed by atoms with van der Waals surface area (Å²) in [4.78, 5) is 11.2. The van der Waals surface area contributed by atoms with E-state index in [1.165, 1.54) is 12.1 Å². The molecule has 1 aliphatic rings. The van der Waals surface area contributed by atoms with Gasteiger partial charge in [-0.15, -0.1) is 11.8 Å². The molecule has 1 saturated heterocycles. The summed E-state index contributed by atoms with van der Waals surface area (Å²) >= 11 is 1.05. The second kappa shape index (κ2) is 8.27. The van der Waals surface area contributed by atoms with E-state index >= 15 is 0 Å². The van der Waals surface area contributed by atoms with Gasteiger partial charge in [0, 0.05) is 6.42 Å². The lowest BCUT2D eigenvalue weighted by Gasteiger charge is -2.32. The lowest BCUT2D eigenvalue weighted by Crippen LogP contribution is -2.41. The van der Waals surface area contributed by atoms with Gasteiger partial charge >= 0.3 is 13.1 Å². The van der Waals surface area contributed by atoms with Crippen LogP contribution in [0.4, 0.5) is 8.78 Å². The van der Waals surface area contributed by atoms with Crippen LogP contribution in [0.3, 0.4) is 0 Å². The molecule has 0 saturated carbocycles. The number of hydrogen-bond acceptors (Lipinski definition) is 5. The van der Waals surface area contributed by atoms with Gasteiger partial charge in [-0.25, -0.2) is 8.78 Å². The first-order valence-corrected chi connectivity index (χ1v) is 9.69. The molecule has 1 aliphatic heterocycles. The Labute approximate surface area is 158 Å². The lowest BCUT2D eigenvalue weighted by molar-refractivity contribution is -0.143. The summed E-state index contributed by atoms with van der Waals surface area (Å²) in [7, 11) is -0.813. The fourth-order valence-corrected chi connectivity index (χ4v) is 3.34. The molecule has 0 spiro atoms. The van der Waals surface area contributed by atoms with Crippen molar-refractivity contribution in [1.29, 1.82) is 0 Å². The number of carbonyl (C=O) groups is 1. The molecule has 1 aromatic carbocycles. The lowest BCUT2D eigenvalue weighted by atomic mass is 9.79. The van der Waals surface area contributed by atoms with E-state index in [4.69, 9.17) is 14.0 Å². The van der Waals surface area contributed by atoms with Crippen LogP contribution in [0, 0.1) is 11.6 Å². The minimum Gasteiger partial charge on any atom is -0.466 e. The second-order valence-electron chi connectivity index (χ2n) is 7.16. The topological polar surface area (TPSA) is 44.8 Å². The summed E-state index contributed by atoms with van der Waals surface area (Å²) < 4.78 is 45.3. The summed E-state index contributed by atoms with van der Waals surface area (Å²) in [6.45, 7) is 9.59. The highest BCUT2D eigenvalue weighted by atomic mass is 32.2. The first kappa shape index (κ1) is 21.2. The molecule has 0 N–H and O–H groups in total. The van der Waals surface area contributed by atoms with E-state index in [1.807, 2.05) is 27.7 Å². The molecule has 0 amide bonds. The molecular formula is C18H25BF2O4S. The van der Waals surface area contributed by atoms with E-state index in [0.717, 1.165) is 11.8 Å². The fraction of sp³-hybridized carbons (Fsp3) is 0.611. The summed E-state index contributed by atoms with van der Waals surface area (Å²) in [5, 5.41) is 0. The standard InChI is InChI=1S/C18H25BF2O4S/c1-6-23-15(22)8-7-9-26-16-13(20)10-12(11-14(16)21)19-24-17(2,3)18(4,5)25-19/h10-11H,6-9H2,1-5H3. The van der Waals surface area contributed by atoms with Crippen molar-refractivity contribution in [2.75, 3.05) is 12.4 Å². The Kier molecular flexibility index (Phi) is 6.74. The minimum absolute atomic E-state index is 0.0610. The van der Waals surface area contributed by atoms with Gasteiger partial charge in [-0.05, 0) is 64.4 Å². The van der Waals surface area contributed by atoms with E-state index in [2.05, 4.69) is 0 Å². The number of halogens is 2.